The van der Waals surface area contributed by atoms with Crippen LogP contribution in [-0.4, -0.2) is 30.2 Å². The van der Waals surface area contributed by atoms with E-state index in [1.807, 2.05) is 20.8 Å². The lowest BCUT2D eigenvalue weighted by Gasteiger charge is -2.33. The standard InChI is InChI=1S/C15H30N2O2/c1-5-15(3,4)17-14(18)11(2)19-13-9-7-6-8-12(13)10-16/h11-13H,5-10,16H2,1-4H3,(H,17,18). The summed E-state index contributed by atoms with van der Waals surface area (Å²) in [6.07, 6.45) is 5.20. The molecule has 0 spiro atoms. The summed E-state index contributed by atoms with van der Waals surface area (Å²) in [5.41, 5.74) is 5.62. The molecule has 1 aliphatic rings. The molecule has 1 rings (SSSR count). The molecular formula is C15H30N2O2. The van der Waals surface area contributed by atoms with Gasteiger partial charge in [0.05, 0.1) is 6.10 Å². The molecule has 1 saturated carbocycles. The van der Waals surface area contributed by atoms with Crippen molar-refractivity contribution in [2.45, 2.75) is 77.5 Å². The molecule has 0 aromatic heterocycles. The average Bonchev–Trinajstić information content (AvgIpc) is 2.38. The van der Waals surface area contributed by atoms with Crippen LogP contribution in [0.3, 0.4) is 0 Å². The smallest absolute Gasteiger partial charge is 0.249 e. The molecule has 0 aliphatic heterocycles. The fraction of sp³-hybridized carbons (Fsp3) is 0.933. The molecule has 3 N–H and O–H groups in total. The molecule has 0 aromatic rings. The molecule has 3 unspecified atom stereocenters. The first-order chi connectivity index (χ1) is 8.89. The molecule has 112 valence electrons. The fourth-order valence-electron chi connectivity index (χ4n) is 2.47. The van der Waals surface area contributed by atoms with Gasteiger partial charge in [0.15, 0.2) is 0 Å². The van der Waals surface area contributed by atoms with Crippen molar-refractivity contribution in [3.63, 3.8) is 0 Å². The van der Waals surface area contributed by atoms with Crippen LogP contribution in [0.4, 0.5) is 0 Å². The first kappa shape index (κ1) is 16.4. The van der Waals surface area contributed by atoms with E-state index in [1.165, 1.54) is 12.8 Å². The zero-order chi connectivity index (χ0) is 14.5. The summed E-state index contributed by atoms with van der Waals surface area (Å²) in [4.78, 5) is 12.1. The van der Waals surface area contributed by atoms with E-state index in [1.54, 1.807) is 0 Å². The van der Waals surface area contributed by atoms with E-state index in [-0.39, 0.29) is 17.6 Å². The number of nitrogens with two attached hydrogens (primary N) is 1. The van der Waals surface area contributed by atoms with Gasteiger partial charge in [-0.05, 0) is 52.5 Å². The predicted octanol–water partition coefficient (Wildman–Crippen LogP) is 2.21. The van der Waals surface area contributed by atoms with Crippen LogP contribution in [0.2, 0.25) is 0 Å². The lowest BCUT2D eigenvalue weighted by molar-refractivity contribution is -0.140. The zero-order valence-corrected chi connectivity index (χ0v) is 12.9. The SMILES string of the molecule is CCC(C)(C)NC(=O)C(C)OC1CCCCC1CN. The van der Waals surface area contributed by atoms with Crippen LogP contribution >= 0.6 is 0 Å². The van der Waals surface area contributed by atoms with Gasteiger partial charge in [0.1, 0.15) is 6.10 Å². The minimum Gasteiger partial charge on any atom is -0.365 e. The molecule has 3 atom stereocenters. The van der Waals surface area contributed by atoms with E-state index in [0.717, 1.165) is 19.3 Å². The van der Waals surface area contributed by atoms with Gasteiger partial charge in [-0.25, -0.2) is 0 Å². The third kappa shape index (κ3) is 5.11. The normalized spacial score (nSPS) is 25.9. The summed E-state index contributed by atoms with van der Waals surface area (Å²) < 4.78 is 5.95. The van der Waals surface area contributed by atoms with Crippen LogP contribution < -0.4 is 11.1 Å². The maximum absolute atomic E-state index is 12.1. The Morgan fingerprint density at radius 2 is 2.05 bits per heavy atom. The van der Waals surface area contributed by atoms with E-state index in [9.17, 15) is 4.79 Å². The highest BCUT2D eigenvalue weighted by Gasteiger charge is 2.29. The van der Waals surface area contributed by atoms with Crippen LogP contribution in [-0.2, 0) is 9.53 Å². The summed E-state index contributed by atoms with van der Waals surface area (Å²) in [6, 6.07) is 0. The number of amides is 1. The van der Waals surface area contributed by atoms with Gasteiger partial charge in [-0.15, -0.1) is 0 Å². The number of hydrogen-bond acceptors (Lipinski definition) is 3. The topological polar surface area (TPSA) is 64.3 Å². The Balaban J connectivity index is 2.48. The quantitative estimate of drug-likeness (QED) is 0.778. The Labute approximate surface area is 117 Å². The van der Waals surface area contributed by atoms with Crippen molar-refractivity contribution in [3.05, 3.63) is 0 Å². The number of carbonyl (C=O) groups excluding carboxylic acids is 1. The van der Waals surface area contributed by atoms with Crippen LogP contribution in [0.25, 0.3) is 0 Å². The summed E-state index contributed by atoms with van der Waals surface area (Å²) >= 11 is 0. The molecule has 0 saturated heterocycles. The largest absolute Gasteiger partial charge is 0.365 e. The Morgan fingerprint density at radius 1 is 1.42 bits per heavy atom. The first-order valence-corrected chi connectivity index (χ1v) is 7.57. The average molecular weight is 270 g/mol. The summed E-state index contributed by atoms with van der Waals surface area (Å²) in [5, 5.41) is 3.03. The predicted molar refractivity (Wildman–Crippen MR) is 77.9 cm³/mol. The van der Waals surface area contributed by atoms with Gasteiger partial charge in [-0.2, -0.15) is 0 Å². The summed E-state index contributed by atoms with van der Waals surface area (Å²) in [5.74, 6) is 0.386. The summed E-state index contributed by atoms with van der Waals surface area (Å²) in [7, 11) is 0. The van der Waals surface area contributed by atoms with Gasteiger partial charge >= 0.3 is 0 Å². The van der Waals surface area contributed by atoms with Crippen molar-refractivity contribution >= 4 is 5.91 Å². The lowest BCUT2D eigenvalue weighted by atomic mass is 9.86. The minimum absolute atomic E-state index is 0.0202. The molecule has 1 aliphatic carbocycles. The molecule has 4 heteroatoms. The molecule has 0 bridgehead atoms. The van der Waals surface area contributed by atoms with E-state index in [0.29, 0.717) is 12.5 Å². The number of hydrogen-bond donors (Lipinski definition) is 2. The second kappa shape index (κ2) is 7.25. The van der Waals surface area contributed by atoms with Crippen molar-refractivity contribution in [3.8, 4) is 0 Å². The molecule has 1 fully saturated rings. The van der Waals surface area contributed by atoms with Crippen molar-refractivity contribution < 1.29 is 9.53 Å². The van der Waals surface area contributed by atoms with Gasteiger partial charge < -0.3 is 15.8 Å². The number of rotatable bonds is 6. The fourth-order valence-corrected chi connectivity index (χ4v) is 2.47. The Morgan fingerprint density at radius 3 is 2.63 bits per heavy atom. The molecule has 4 nitrogen and oxygen atoms in total. The molecule has 19 heavy (non-hydrogen) atoms. The van der Waals surface area contributed by atoms with Gasteiger partial charge in [-0.3, -0.25) is 4.79 Å². The van der Waals surface area contributed by atoms with Crippen LogP contribution in [0.1, 0.15) is 59.8 Å². The van der Waals surface area contributed by atoms with Crippen LogP contribution in [0.5, 0.6) is 0 Å². The first-order valence-electron chi connectivity index (χ1n) is 7.57. The Kier molecular flexibility index (Phi) is 6.27. The Bertz CT molecular complexity index is 292. The highest BCUT2D eigenvalue weighted by atomic mass is 16.5. The van der Waals surface area contributed by atoms with E-state index in [2.05, 4.69) is 12.2 Å². The van der Waals surface area contributed by atoms with Crippen LogP contribution in [0.15, 0.2) is 0 Å². The highest BCUT2D eigenvalue weighted by molar-refractivity contribution is 5.81. The molecule has 1 amide bonds. The molecule has 0 heterocycles. The van der Waals surface area contributed by atoms with E-state index < -0.39 is 6.10 Å². The summed E-state index contributed by atoms with van der Waals surface area (Å²) in [6.45, 7) is 8.61. The van der Waals surface area contributed by atoms with Gasteiger partial charge in [0.2, 0.25) is 5.91 Å². The zero-order valence-electron chi connectivity index (χ0n) is 12.9. The van der Waals surface area contributed by atoms with Gasteiger partial charge in [0.25, 0.3) is 0 Å². The third-order valence-corrected chi connectivity index (χ3v) is 4.24. The molecular weight excluding hydrogens is 240 g/mol. The number of ether oxygens (including phenoxy) is 1. The molecule has 0 radical (unpaired) electrons. The minimum atomic E-state index is -0.400. The highest BCUT2D eigenvalue weighted by Crippen LogP contribution is 2.27. The van der Waals surface area contributed by atoms with Crippen molar-refractivity contribution in [2.75, 3.05) is 6.54 Å². The lowest BCUT2D eigenvalue weighted by Crippen LogP contribution is -2.49. The monoisotopic (exact) mass is 270 g/mol. The number of carbonyl (C=O) groups is 1. The third-order valence-electron chi connectivity index (χ3n) is 4.24. The number of nitrogens with one attached hydrogen (secondary N) is 1. The van der Waals surface area contributed by atoms with Gasteiger partial charge in [-0.1, -0.05) is 19.8 Å². The van der Waals surface area contributed by atoms with E-state index >= 15 is 0 Å². The second-order valence-electron chi connectivity index (χ2n) is 6.32. The maximum Gasteiger partial charge on any atom is 0.249 e. The van der Waals surface area contributed by atoms with Crippen molar-refractivity contribution in [1.29, 1.82) is 0 Å². The van der Waals surface area contributed by atoms with Crippen molar-refractivity contribution in [2.24, 2.45) is 11.7 Å². The van der Waals surface area contributed by atoms with Crippen LogP contribution in [0, 0.1) is 5.92 Å². The van der Waals surface area contributed by atoms with E-state index in [4.69, 9.17) is 10.5 Å². The molecule has 0 aromatic carbocycles. The Hall–Kier alpha value is -0.610. The van der Waals surface area contributed by atoms with Crippen molar-refractivity contribution in [1.82, 2.24) is 5.32 Å². The maximum atomic E-state index is 12.1. The van der Waals surface area contributed by atoms with Gasteiger partial charge in [0, 0.05) is 5.54 Å². The second-order valence-corrected chi connectivity index (χ2v) is 6.32.